The molecule has 0 bridgehead atoms. The number of hydrogen-bond donors (Lipinski definition) is 6. The van der Waals surface area contributed by atoms with Gasteiger partial charge in [-0.15, -0.1) is 11.8 Å². The maximum Gasteiger partial charge on any atom is 0.254 e. The minimum Gasteiger partial charge on any atom is -0.490 e. The number of para-hydroxylation sites is 1. The molecule has 1 aromatic heterocycles. The fraction of sp³-hybridized carbons (Fsp3) is 0.500. The Labute approximate surface area is 313 Å². The van der Waals surface area contributed by atoms with Crippen molar-refractivity contribution in [3.05, 3.63) is 77.1 Å². The van der Waals surface area contributed by atoms with Crippen LogP contribution in [0.4, 0.5) is 0 Å². The number of halogens is 1. The Kier molecular flexibility index (Phi) is 14.3. The third-order valence-electron chi connectivity index (χ3n) is 9.17. The van der Waals surface area contributed by atoms with E-state index in [-0.39, 0.29) is 25.1 Å². The topological polar surface area (TPSA) is 182 Å². The van der Waals surface area contributed by atoms with Crippen molar-refractivity contribution in [2.24, 2.45) is 0 Å². The highest BCUT2D eigenvalue weighted by atomic mass is 35.5. The molecule has 0 radical (unpaired) electrons. The standard InChI is InChI=1S/C38H48ClN3O9S/c1-24(44)41-15-4-17-42(37(49)36(48)35(47)34(46)32(45)22-43)18-5-19-52-27-10-11-31(39)25(20-27)23-50-38(13-14-38)30-21-40-16-12-28(30)29-6-2-3-7-33(29)51-26-8-9-26/h2-3,6-7,10-12,16,20-21,26,32,34-36,43,45-48H,4-5,8-9,13-15,17-19,22-23H2,1H3,(H,41,44). The van der Waals surface area contributed by atoms with Crippen LogP contribution in [-0.4, -0.2) is 110 Å². The number of carbonyl (C=O) groups excluding carboxylic acids is 2. The van der Waals surface area contributed by atoms with Crippen molar-refractivity contribution in [2.45, 2.75) is 93.1 Å². The zero-order valence-corrected chi connectivity index (χ0v) is 30.8. The molecule has 2 aromatic carbocycles. The number of aliphatic hydroxyl groups is 5. The summed E-state index contributed by atoms with van der Waals surface area (Å²) in [6.07, 6.45) is 1.05. The van der Waals surface area contributed by atoms with Crippen LogP contribution in [0.3, 0.4) is 0 Å². The van der Waals surface area contributed by atoms with Crippen molar-refractivity contribution >= 4 is 35.2 Å². The molecule has 0 spiro atoms. The summed E-state index contributed by atoms with van der Waals surface area (Å²) in [6, 6.07) is 15.9. The molecule has 2 fully saturated rings. The summed E-state index contributed by atoms with van der Waals surface area (Å²) >= 11 is 8.20. The Morgan fingerprint density at radius 2 is 1.79 bits per heavy atom. The number of pyridine rings is 1. The van der Waals surface area contributed by atoms with Crippen LogP contribution in [0.2, 0.25) is 5.02 Å². The van der Waals surface area contributed by atoms with Gasteiger partial charge >= 0.3 is 0 Å². The van der Waals surface area contributed by atoms with E-state index in [4.69, 9.17) is 26.2 Å². The molecule has 52 heavy (non-hydrogen) atoms. The van der Waals surface area contributed by atoms with Gasteiger partial charge in [0.25, 0.3) is 5.91 Å². The van der Waals surface area contributed by atoms with Crippen LogP contribution >= 0.6 is 23.4 Å². The molecule has 6 N–H and O–H groups in total. The first-order valence-corrected chi connectivity index (χ1v) is 19.0. The molecule has 2 aliphatic carbocycles. The van der Waals surface area contributed by atoms with Crippen molar-refractivity contribution in [1.29, 1.82) is 0 Å². The van der Waals surface area contributed by atoms with Gasteiger partial charge < -0.3 is 45.2 Å². The molecule has 4 atom stereocenters. The van der Waals surface area contributed by atoms with Crippen molar-refractivity contribution in [2.75, 3.05) is 32.0 Å². The molecule has 1 heterocycles. The van der Waals surface area contributed by atoms with Gasteiger partial charge in [0.05, 0.1) is 24.9 Å². The molecule has 4 unspecified atom stereocenters. The lowest BCUT2D eigenvalue weighted by atomic mass is 9.96. The third-order valence-corrected chi connectivity index (χ3v) is 10.6. The van der Waals surface area contributed by atoms with E-state index in [1.165, 1.54) is 11.8 Å². The largest absolute Gasteiger partial charge is 0.490 e. The number of ether oxygens (including phenoxy) is 2. The second-order valence-corrected chi connectivity index (χ2v) is 14.9. The van der Waals surface area contributed by atoms with Crippen LogP contribution < -0.4 is 10.1 Å². The number of rotatable bonds is 21. The zero-order chi connectivity index (χ0) is 37.3. The average molecular weight is 758 g/mol. The van der Waals surface area contributed by atoms with E-state index in [1.807, 2.05) is 48.7 Å². The Bertz CT molecular complexity index is 1660. The van der Waals surface area contributed by atoms with Gasteiger partial charge in [0.1, 0.15) is 24.1 Å². The van der Waals surface area contributed by atoms with Crippen molar-refractivity contribution in [3.63, 3.8) is 0 Å². The summed E-state index contributed by atoms with van der Waals surface area (Å²) in [6.45, 7) is 1.54. The molecule has 14 heteroatoms. The first-order valence-electron chi connectivity index (χ1n) is 17.6. The number of nitrogens with zero attached hydrogens (tertiary/aromatic N) is 2. The van der Waals surface area contributed by atoms with E-state index in [9.17, 15) is 30.0 Å². The Morgan fingerprint density at radius 3 is 2.50 bits per heavy atom. The number of nitrogens with one attached hydrogen (secondary N) is 1. The summed E-state index contributed by atoms with van der Waals surface area (Å²) < 4.78 is 12.9. The van der Waals surface area contributed by atoms with E-state index >= 15 is 0 Å². The molecule has 2 amide bonds. The molecule has 12 nitrogen and oxygen atoms in total. The number of hydrogen-bond acceptors (Lipinski definition) is 11. The van der Waals surface area contributed by atoms with E-state index < -0.39 is 42.5 Å². The van der Waals surface area contributed by atoms with Crippen LogP contribution in [-0.2, 0) is 26.5 Å². The summed E-state index contributed by atoms with van der Waals surface area (Å²) in [5, 5.41) is 52.8. The van der Waals surface area contributed by atoms with Gasteiger partial charge in [0.15, 0.2) is 6.10 Å². The van der Waals surface area contributed by atoms with E-state index in [0.29, 0.717) is 36.8 Å². The normalized spacial score (nSPS) is 17.1. The second kappa shape index (κ2) is 18.7. The van der Waals surface area contributed by atoms with Crippen LogP contribution in [0.15, 0.2) is 65.8 Å². The third kappa shape index (κ3) is 10.7. The Balaban J connectivity index is 1.19. The second-order valence-electron chi connectivity index (χ2n) is 13.3. The van der Waals surface area contributed by atoms with Crippen LogP contribution in [0.5, 0.6) is 5.75 Å². The highest BCUT2D eigenvalue weighted by molar-refractivity contribution is 7.99. The summed E-state index contributed by atoms with van der Waals surface area (Å²) in [4.78, 5) is 31.2. The molecule has 0 saturated heterocycles. The zero-order valence-electron chi connectivity index (χ0n) is 29.2. The highest BCUT2D eigenvalue weighted by Crippen LogP contribution is 2.53. The van der Waals surface area contributed by atoms with E-state index in [0.717, 1.165) is 58.6 Å². The lowest BCUT2D eigenvalue weighted by Crippen LogP contribution is -2.53. The van der Waals surface area contributed by atoms with Crippen molar-refractivity contribution in [1.82, 2.24) is 15.2 Å². The number of aliphatic hydroxyl groups excluding tert-OH is 5. The average Bonchev–Trinajstić information content (AvgIpc) is 4.10. The van der Waals surface area contributed by atoms with Gasteiger partial charge in [0.2, 0.25) is 5.91 Å². The molecule has 2 saturated carbocycles. The molecule has 5 rings (SSSR count). The number of thioether (sulfide) groups is 1. The predicted molar refractivity (Wildman–Crippen MR) is 197 cm³/mol. The van der Waals surface area contributed by atoms with E-state index in [2.05, 4.69) is 16.4 Å². The van der Waals surface area contributed by atoms with Crippen molar-refractivity contribution in [3.8, 4) is 16.9 Å². The summed E-state index contributed by atoms with van der Waals surface area (Å²) in [7, 11) is 0. The van der Waals surface area contributed by atoms with Gasteiger partial charge in [-0.2, -0.15) is 0 Å². The minimum absolute atomic E-state index is 0.175. The monoisotopic (exact) mass is 757 g/mol. The van der Waals surface area contributed by atoms with Crippen LogP contribution in [0, 0.1) is 0 Å². The van der Waals surface area contributed by atoms with Gasteiger partial charge in [-0.3, -0.25) is 14.6 Å². The first-order chi connectivity index (χ1) is 25.0. The Morgan fingerprint density at radius 1 is 1.04 bits per heavy atom. The molecular formula is C38H48ClN3O9S. The highest BCUT2D eigenvalue weighted by Gasteiger charge is 2.48. The molecule has 0 aliphatic heterocycles. The van der Waals surface area contributed by atoms with Gasteiger partial charge in [-0.05, 0) is 85.7 Å². The van der Waals surface area contributed by atoms with Gasteiger partial charge in [-0.25, -0.2) is 0 Å². The summed E-state index contributed by atoms with van der Waals surface area (Å²) in [5.41, 5.74) is 3.45. The van der Waals surface area contributed by atoms with Crippen LogP contribution in [0.1, 0.15) is 56.6 Å². The molecule has 282 valence electrons. The van der Waals surface area contributed by atoms with Gasteiger partial charge in [0, 0.05) is 60.0 Å². The smallest absolute Gasteiger partial charge is 0.254 e. The summed E-state index contributed by atoms with van der Waals surface area (Å²) in [5.74, 6) is 0.421. The Hall–Kier alpha value is -3.27. The number of amides is 2. The maximum absolute atomic E-state index is 13.1. The SMILES string of the molecule is CC(=O)NCCCN(CCCSc1ccc(Cl)c(COC2(c3cnccc3-c3ccccc3OC3CC3)CC2)c1)C(=O)C(O)C(O)C(O)C(O)CO. The molecule has 2 aliphatic rings. The van der Waals surface area contributed by atoms with Gasteiger partial charge in [-0.1, -0.05) is 29.8 Å². The lowest BCUT2D eigenvalue weighted by molar-refractivity contribution is -0.158. The number of aromatic nitrogens is 1. The first kappa shape index (κ1) is 39.9. The molecule has 3 aromatic rings. The quantitative estimate of drug-likeness (QED) is 0.0692. The predicted octanol–water partition coefficient (Wildman–Crippen LogP) is 3.42. The fourth-order valence-corrected chi connectivity index (χ4v) is 6.96. The van der Waals surface area contributed by atoms with Crippen molar-refractivity contribution < 1.29 is 44.6 Å². The number of benzene rings is 2. The fourth-order valence-electron chi connectivity index (χ4n) is 5.89. The minimum atomic E-state index is -2.02. The van der Waals surface area contributed by atoms with Crippen LogP contribution in [0.25, 0.3) is 11.1 Å². The molecular weight excluding hydrogens is 710 g/mol. The number of carbonyl (C=O) groups is 2. The van der Waals surface area contributed by atoms with E-state index in [1.54, 1.807) is 18.0 Å². The lowest BCUT2D eigenvalue weighted by Gasteiger charge is -2.30. The maximum atomic E-state index is 13.1.